The molecule has 13 heavy (non-hydrogen) atoms. The predicted molar refractivity (Wildman–Crippen MR) is 46.8 cm³/mol. The number of ether oxygens (including phenoxy) is 1. The van der Waals surface area contributed by atoms with E-state index in [1.165, 1.54) is 0 Å². The highest BCUT2D eigenvalue weighted by molar-refractivity contribution is 5.91. The average molecular weight is 186 g/mol. The van der Waals surface area contributed by atoms with Crippen LogP contribution in [0.4, 0.5) is 0 Å². The fraction of sp³-hybridized carbons (Fsp3) is 0.556. The van der Waals surface area contributed by atoms with Crippen molar-refractivity contribution in [3.8, 4) is 0 Å². The minimum atomic E-state index is -0.716. The molecule has 0 unspecified atom stereocenters. The number of esters is 2. The van der Waals surface area contributed by atoms with Crippen LogP contribution < -0.4 is 0 Å². The summed E-state index contributed by atoms with van der Waals surface area (Å²) in [5.74, 6) is -1.25. The molecule has 0 amide bonds. The predicted octanol–water partition coefficient (Wildman–Crippen LogP) is 0.795. The SMILES string of the molecule is C=CC(=O)OC(=O)CCCCCO. The lowest BCUT2D eigenvalue weighted by Crippen LogP contribution is -2.09. The summed E-state index contributed by atoms with van der Waals surface area (Å²) in [6, 6.07) is 0. The van der Waals surface area contributed by atoms with Crippen molar-refractivity contribution in [1.82, 2.24) is 0 Å². The second-order valence-electron chi connectivity index (χ2n) is 2.53. The molecule has 0 rings (SSSR count). The Morgan fingerprint density at radius 3 is 2.54 bits per heavy atom. The van der Waals surface area contributed by atoms with Gasteiger partial charge in [-0.2, -0.15) is 0 Å². The highest BCUT2D eigenvalue weighted by atomic mass is 16.6. The maximum atomic E-state index is 10.8. The zero-order valence-corrected chi connectivity index (χ0v) is 7.49. The van der Waals surface area contributed by atoms with Crippen LogP contribution in [0.5, 0.6) is 0 Å². The summed E-state index contributed by atoms with van der Waals surface area (Å²) in [4.78, 5) is 21.3. The van der Waals surface area contributed by atoms with Gasteiger partial charge in [0.25, 0.3) is 0 Å². The third kappa shape index (κ3) is 7.21. The Kier molecular flexibility index (Phi) is 6.82. The van der Waals surface area contributed by atoms with Crippen molar-refractivity contribution >= 4 is 11.9 Å². The van der Waals surface area contributed by atoms with Gasteiger partial charge in [0.2, 0.25) is 0 Å². The normalized spacial score (nSPS) is 9.31. The topological polar surface area (TPSA) is 63.6 Å². The molecule has 0 saturated heterocycles. The molecule has 0 atom stereocenters. The highest BCUT2D eigenvalue weighted by Gasteiger charge is 2.05. The van der Waals surface area contributed by atoms with Crippen LogP contribution in [0.1, 0.15) is 25.7 Å². The Hall–Kier alpha value is -1.16. The third-order valence-corrected chi connectivity index (χ3v) is 1.42. The maximum Gasteiger partial charge on any atom is 0.337 e. The lowest BCUT2D eigenvalue weighted by molar-refractivity contribution is -0.156. The van der Waals surface area contributed by atoms with Crippen LogP contribution in [0.15, 0.2) is 12.7 Å². The second-order valence-corrected chi connectivity index (χ2v) is 2.53. The van der Waals surface area contributed by atoms with E-state index >= 15 is 0 Å². The molecule has 0 fully saturated rings. The van der Waals surface area contributed by atoms with E-state index in [2.05, 4.69) is 11.3 Å². The van der Waals surface area contributed by atoms with Crippen LogP contribution in [0.2, 0.25) is 0 Å². The molecule has 0 spiro atoms. The van der Waals surface area contributed by atoms with E-state index in [9.17, 15) is 9.59 Å². The molecule has 0 aromatic heterocycles. The van der Waals surface area contributed by atoms with Crippen molar-refractivity contribution < 1.29 is 19.4 Å². The number of hydrogen-bond acceptors (Lipinski definition) is 4. The molecular weight excluding hydrogens is 172 g/mol. The van der Waals surface area contributed by atoms with Gasteiger partial charge in [0.1, 0.15) is 0 Å². The molecule has 74 valence electrons. The summed E-state index contributed by atoms with van der Waals surface area (Å²) in [6.45, 7) is 3.29. The van der Waals surface area contributed by atoms with E-state index in [-0.39, 0.29) is 13.0 Å². The zero-order valence-electron chi connectivity index (χ0n) is 7.49. The fourth-order valence-electron chi connectivity index (χ4n) is 0.763. The molecule has 1 N–H and O–H groups in total. The smallest absolute Gasteiger partial charge is 0.337 e. The highest BCUT2D eigenvalue weighted by Crippen LogP contribution is 2.00. The van der Waals surface area contributed by atoms with Crippen molar-refractivity contribution in [2.45, 2.75) is 25.7 Å². The standard InChI is InChI=1S/C9H14O4/c1-2-8(11)13-9(12)6-4-3-5-7-10/h2,10H,1,3-7H2. The second kappa shape index (κ2) is 7.49. The summed E-state index contributed by atoms with van der Waals surface area (Å²) >= 11 is 0. The maximum absolute atomic E-state index is 10.8. The van der Waals surface area contributed by atoms with Crippen molar-refractivity contribution in [2.75, 3.05) is 6.61 Å². The molecule has 0 aromatic rings. The number of carbonyl (C=O) groups is 2. The molecule has 0 heterocycles. The Labute approximate surface area is 77.2 Å². The van der Waals surface area contributed by atoms with Crippen LogP contribution in [-0.2, 0) is 14.3 Å². The molecule has 0 aromatic carbocycles. The minimum absolute atomic E-state index is 0.126. The summed E-state index contributed by atoms with van der Waals surface area (Å²) in [7, 11) is 0. The summed E-state index contributed by atoms with van der Waals surface area (Å²) in [5.41, 5.74) is 0. The van der Waals surface area contributed by atoms with Gasteiger partial charge >= 0.3 is 11.9 Å². The number of hydrogen-bond donors (Lipinski definition) is 1. The lowest BCUT2D eigenvalue weighted by Gasteiger charge is -1.99. The van der Waals surface area contributed by atoms with Gasteiger partial charge in [-0.05, 0) is 12.8 Å². The summed E-state index contributed by atoms with van der Waals surface area (Å²) < 4.78 is 4.32. The Balaban J connectivity index is 3.40. The first-order valence-electron chi connectivity index (χ1n) is 4.18. The molecule has 0 radical (unpaired) electrons. The van der Waals surface area contributed by atoms with Gasteiger partial charge in [-0.15, -0.1) is 0 Å². The van der Waals surface area contributed by atoms with Crippen molar-refractivity contribution in [1.29, 1.82) is 0 Å². The first-order chi connectivity index (χ1) is 6.20. The van der Waals surface area contributed by atoms with E-state index in [0.717, 1.165) is 12.5 Å². The van der Waals surface area contributed by atoms with Crippen molar-refractivity contribution in [3.63, 3.8) is 0 Å². The molecule has 4 heteroatoms. The first kappa shape index (κ1) is 11.8. The molecule has 0 saturated carbocycles. The van der Waals surface area contributed by atoms with Crippen molar-refractivity contribution in [2.24, 2.45) is 0 Å². The third-order valence-electron chi connectivity index (χ3n) is 1.42. The Morgan fingerprint density at radius 1 is 1.31 bits per heavy atom. The molecule has 0 aliphatic rings. The molecule has 0 aliphatic carbocycles. The van der Waals surface area contributed by atoms with E-state index < -0.39 is 11.9 Å². The molecule has 4 nitrogen and oxygen atoms in total. The number of aliphatic hydroxyl groups is 1. The van der Waals surface area contributed by atoms with E-state index in [0.29, 0.717) is 12.8 Å². The zero-order chi connectivity index (χ0) is 10.1. The van der Waals surface area contributed by atoms with Gasteiger partial charge in [-0.1, -0.05) is 13.0 Å². The Morgan fingerprint density at radius 2 is 2.00 bits per heavy atom. The van der Waals surface area contributed by atoms with Crippen LogP contribution in [0.25, 0.3) is 0 Å². The number of carbonyl (C=O) groups excluding carboxylic acids is 2. The van der Waals surface area contributed by atoms with Gasteiger partial charge in [0, 0.05) is 19.1 Å². The van der Waals surface area contributed by atoms with E-state index in [1.807, 2.05) is 0 Å². The molecule has 0 aliphatic heterocycles. The van der Waals surface area contributed by atoms with Crippen LogP contribution in [0, 0.1) is 0 Å². The lowest BCUT2D eigenvalue weighted by atomic mass is 10.2. The number of aliphatic hydroxyl groups excluding tert-OH is 1. The number of rotatable bonds is 6. The largest absolute Gasteiger partial charge is 0.396 e. The van der Waals surface area contributed by atoms with Gasteiger partial charge < -0.3 is 9.84 Å². The summed E-state index contributed by atoms with van der Waals surface area (Å²) in [5, 5.41) is 8.43. The molecular formula is C9H14O4. The quantitative estimate of drug-likeness (QED) is 0.288. The van der Waals surface area contributed by atoms with Gasteiger partial charge in [0.05, 0.1) is 0 Å². The molecule has 0 bridgehead atoms. The summed E-state index contributed by atoms with van der Waals surface area (Å²) in [6.07, 6.45) is 3.21. The van der Waals surface area contributed by atoms with Crippen LogP contribution in [0.3, 0.4) is 0 Å². The van der Waals surface area contributed by atoms with Gasteiger partial charge in [-0.3, -0.25) is 4.79 Å². The van der Waals surface area contributed by atoms with E-state index in [1.54, 1.807) is 0 Å². The van der Waals surface area contributed by atoms with Crippen molar-refractivity contribution in [3.05, 3.63) is 12.7 Å². The average Bonchev–Trinajstić information content (AvgIpc) is 2.12. The van der Waals surface area contributed by atoms with Gasteiger partial charge in [0.15, 0.2) is 0 Å². The Bertz CT molecular complexity index is 186. The van der Waals surface area contributed by atoms with Gasteiger partial charge in [-0.25, -0.2) is 4.79 Å². The van der Waals surface area contributed by atoms with Crippen LogP contribution in [-0.4, -0.2) is 23.7 Å². The minimum Gasteiger partial charge on any atom is -0.396 e. The fourth-order valence-corrected chi connectivity index (χ4v) is 0.763. The van der Waals surface area contributed by atoms with E-state index in [4.69, 9.17) is 5.11 Å². The monoisotopic (exact) mass is 186 g/mol. The first-order valence-corrected chi connectivity index (χ1v) is 4.18. The number of unbranched alkanes of at least 4 members (excludes halogenated alkanes) is 2. The van der Waals surface area contributed by atoms with Crippen LogP contribution >= 0.6 is 0 Å².